The number of hydrogen-bond acceptors (Lipinski definition) is 3. The van der Waals surface area contributed by atoms with Gasteiger partial charge in [-0.25, -0.2) is 0 Å². The Balaban J connectivity index is 2.89. The van der Waals surface area contributed by atoms with Gasteiger partial charge in [-0.15, -0.1) is 0 Å². The van der Waals surface area contributed by atoms with Crippen molar-refractivity contribution in [3.8, 4) is 5.75 Å². The van der Waals surface area contributed by atoms with Crippen molar-refractivity contribution in [3.05, 3.63) is 23.8 Å². The van der Waals surface area contributed by atoms with Crippen molar-refractivity contribution in [2.24, 2.45) is 0 Å². The van der Waals surface area contributed by atoms with Crippen LogP contribution in [0, 0.1) is 0 Å². The summed E-state index contributed by atoms with van der Waals surface area (Å²) >= 11 is 0. The number of carboxylic acid groups (broad SMARTS) is 1. The van der Waals surface area contributed by atoms with Gasteiger partial charge < -0.3 is 15.6 Å². The Labute approximate surface area is 75.9 Å². The van der Waals surface area contributed by atoms with Crippen LogP contribution in [-0.4, -0.2) is 18.2 Å². The van der Waals surface area contributed by atoms with Crippen LogP contribution in [0.2, 0.25) is 0 Å². The summed E-state index contributed by atoms with van der Waals surface area (Å²) in [4.78, 5) is 10.4. The van der Waals surface area contributed by atoms with Crippen LogP contribution in [0.1, 0.15) is 5.56 Å². The molecule has 4 nitrogen and oxygen atoms in total. The number of anilines is 1. The molecule has 70 valence electrons. The fourth-order valence-electron chi connectivity index (χ4n) is 1.07. The highest BCUT2D eigenvalue weighted by Crippen LogP contribution is 2.21. The Hall–Kier alpha value is -1.71. The molecule has 0 fully saturated rings. The molecular weight excluding hydrogens is 170 g/mol. The standard InChI is InChI=1S/C9H11NO3/c1-13-8-3-2-6(4-7(8)10)5-9(11)12/h2-4H,5,10H2,1H3,(H,11,12). The highest BCUT2D eigenvalue weighted by Gasteiger charge is 2.03. The minimum absolute atomic E-state index is 0.0196. The van der Waals surface area contributed by atoms with E-state index in [1.165, 1.54) is 7.11 Å². The second-order valence-corrected chi connectivity index (χ2v) is 2.65. The normalized spacial score (nSPS) is 9.62. The Bertz CT molecular complexity index is 323. The molecule has 13 heavy (non-hydrogen) atoms. The topological polar surface area (TPSA) is 72.5 Å². The lowest BCUT2D eigenvalue weighted by atomic mass is 10.1. The second kappa shape index (κ2) is 3.80. The van der Waals surface area contributed by atoms with Crippen LogP contribution >= 0.6 is 0 Å². The molecule has 0 heterocycles. The molecule has 0 saturated carbocycles. The maximum absolute atomic E-state index is 10.4. The Morgan fingerprint density at radius 2 is 2.31 bits per heavy atom. The molecule has 0 radical (unpaired) electrons. The third kappa shape index (κ3) is 2.37. The van der Waals surface area contributed by atoms with Gasteiger partial charge in [0.15, 0.2) is 0 Å². The fourth-order valence-corrected chi connectivity index (χ4v) is 1.07. The van der Waals surface area contributed by atoms with Gasteiger partial charge in [0.2, 0.25) is 0 Å². The second-order valence-electron chi connectivity index (χ2n) is 2.65. The monoisotopic (exact) mass is 181 g/mol. The zero-order chi connectivity index (χ0) is 9.84. The van der Waals surface area contributed by atoms with Gasteiger partial charge in [-0.05, 0) is 17.7 Å². The molecule has 1 aromatic carbocycles. The van der Waals surface area contributed by atoms with Crippen molar-refractivity contribution in [1.82, 2.24) is 0 Å². The van der Waals surface area contributed by atoms with Crippen LogP contribution in [0.15, 0.2) is 18.2 Å². The number of nitrogens with two attached hydrogens (primary N) is 1. The number of hydrogen-bond donors (Lipinski definition) is 2. The van der Waals surface area contributed by atoms with Gasteiger partial charge in [-0.2, -0.15) is 0 Å². The van der Waals surface area contributed by atoms with E-state index in [2.05, 4.69) is 0 Å². The van der Waals surface area contributed by atoms with Crippen molar-refractivity contribution in [1.29, 1.82) is 0 Å². The quantitative estimate of drug-likeness (QED) is 0.679. The molecule has 0 aliphatic carbocycles. The molecular formula is C9H11NO3. The van der Waals surface area contributed by atoms with Crippen molar-refractivity contribution < 1.29 is 14.6 Å². The van der Waals surface area contributed by atoms with E-state index in [1.807, 2.05) is 0 Å². The van der Waals surface area contributed by atoms with Gasteiger partial charge >= 0.3 is 5.97 Å². The van der Waals surface area contributed by atoms with E-state index in [1.54, 1.807) is 18.2 Å². The number of nitrogen functional groups attached to an aromatic ring is 1. The van der Waals surface area contributed by atoms with E-state index in [9.17, 15) is 4.79 Å². The van der Waals surface area contributed by atoms with Crippen molar-refractivity contribution in [2.75, 3.05) is 12.8 Å². The number of carbonyl (C=O) groups is 1. The van der Waals surface area contributed by atoms with Crippen LogP contribution in [0.5, 0.6) is 5.75 Å². The third-order valence-corrected chi connectivity index (χ3v) is 1.65. The maximum Gasteiger partial charge on any atom is 0.307 e. The molecule has 1 rings (SSSR count). The Kier molecular flexibility index (Phi) is 2.74. The first-order chi connectivity index (χ1) is 6.13. The summed E-state index contributed by atoms with van der Waals surface area (Å²) in [6.07, 6.45) is -0.0196. The average molecular weight is 181 g/mol. The van der Waals surface area contributed by atoms with Gasteiger partial charge in [-0.3, -0.25) is 4.79 Å². The summed E-state index contributed by atoms with van der Waals surface area (Å²) in [7, 11) is 1.52. The molecule has 4 heteroatoms. The summed E-state index contributed by atoms with van der Waals surface area (Å²) in [5.41, 5.74) is 6.72. The fraction of sp³-hybridized carbons (Fsp3) is 0.222. The Morgan fingerprint density at radius 1 is 1.62 bits per heavy atom. The third-order valence-electron chi connectivity index (χ3n) is 1.65. The van der Waals surface area contributed by atoms with Crippen LogP contribution < -0.4 is 10.5 Å². The van der Waals surface area contributed by atoms with E-state index in [0.29, 0.717) is 17.0 Å². The van der Waals surface area contributed by atoms with Crippen LogP contribution in [0.3, 0.4) is 0 Å². The maximum atomic E-state index is 10.4. The number of aliphatic carboxylic acids is 1. The van der Waals surface area contributed by atoms with Crippen molar-refractivity contribution in [3.63, 3.8) is 0 Å². The number of methoxy groups -OCH3 is 1. The average Bonchev–Trinajstić information content (AvgIpc) is 2.03. The zero-order valence-electron chi connectivity index (χ0n) is 7.28. The number of benzene rings is 1. The molecule has 0 amide bonds. The molecule has 0 bridgehead atoms. The van der Waals surface area contributed by atoms with Crippen molar-refractivity contribution >= 4 is 11.7 Å². The lowest BCUT2D eigenvalue weighted by Gasteiger charge is -2.05. The molecule has 0 unspecified atom stereocenters. The lowest BCUT2D eigenvalue weighted by molar-refractivity contribution is -0.136. The van der Waals surface area contributed by atoms with Gasteiger partial charge in [0, 0.05) is 0 Å². The van der Waals surface area contributed by atoms with E-state index in [0.717, 1.165) is 0 Å². The van der Waals surface area contributed by atoms with Crippen molar-refractivity contribution in [2.45, 2.75) is 6.42 Å². The number of carboxylic acids is 1. The summed E-state index contributed by atoms with van der Waals surface area (Å²) in [6, 6.07) is 4.95. The highest BCUT2D eigenvalue weighted by molar-refractivity contribution is 5.71. The van der Waals surface area contributed by atoms with E-state index in [4.69, 9.17) is 15.6 Å². The first-order valence-corrected chi connectivity index (χ1v) is 3.77. The van der Waals surface area contributed by atoms with Crippen LogP contribution in [0.25, 0.3) is 0 Å². The lowest BCUT2D eigenvalue weighted by Crippen LogP contribution is -2.01. The molecule has 0 aliphatic rings. The summed E-state index contributed by atoms with van der Waals surface area (Å²) in [5, 5.41) is 8.51. The van der Waals surface area contributed by atoms with Gasteiger partial charge in [0.05, 0.1) is 19.2 Å². The van der Waals surface area contributed by atoms with E-state index in [-0.39, 0.29) is 6.42 Å². The summed E-state index contributed by atoms with van der Waals surface area (Å²) in [6.45, 7) is 0. The molecule has 0 saturated heterocycles. The molecule has 0 atom stereocenters. The molecule has 0 aliphatic heterocycles. The smallest absolute Gasteiger partial charge is 0.307 e. The first-order valence-electron chi connectivity index (χ1n) is 3.77. The van der Waals surface area contributed by atoms with E-state index < -0.39 is 5.97 Å². The molecule has 1 aromatic rings. The zero-order valence-corrected chi connectivity index (χ0v) is 7.28. The van der Waals surface area contributed by atoms with Gasteiger partial charge in [0.25, 0.3) is 0 Å². The van der Waals surface area contributed by atoms with Gasteiger partial charge in [-0.1, -0.05) is 6.07 Å². The Morgan fingerprint density at radius 3 is 2.77 bits per heavy atom. The highest BCUT2D eigenvalue weighted by atomic mass is 16.5. The summed E-state index contributed by atoms with van der Waals surface area (Å²) < 4.78 is 4.93. The summed E-state index contributed by atoms with van der Waals surface area (Å²) in [5.74, 6) is -0.307. The van der Waals surface area contributed by atoms with Crippen LogP contribution in [-0.2, 0) is 11.2 Å². The largest absolute Gasteiger partial charge is 0.495 e. The van der Waals surface area contributed by atoms with Crippen LogP contribution in [0.4, 0.5) is 5.69 Å². The molecule has 3 N–H and O–H groups in total. The minimum atomic E-state index is -0.871. The molecule has 0 aromatic heterocycles. The number of rotatable bonds is 3. The molecule has 0 spiro atoms. The predicted molar refractivity (Wildman–Crippen MR) is 48.7 cm³/mol. The predicted octanol–water partition coefficient (Wildman–Crippen LogP) is 0.905. The SMILES string of the molecule is COc1ccc(CC(=O)O)cc1N. The van der Waals surface area contributed by atoms with E-state index >= 15 is 0 Å². The minimum Gasteiger partial charge on any atom is -0.495 e. The first kappa shape index (κ1) is 9.38. The number of ether oxygens (including phenoxy) is 1. The van der Waals surface area contributed by atoms with Gasteiger partial charge in [0.1, 0.15) is 5.75 Å².